The van der Waals surface area contributed by atoms with Crippen LogP contribution >= 0.6 is 11.6 Å². The summed E-state index contributed by atoms with van der Waals surface area (Å²) in [6, 6.07) is 21.7. The minimum Gasteiger partial charge on any atom is -0.490 e. The van der Waals surface area contributed by atoms with Gasteiger partial charge in [-0.05, 0) is 85.6 Å². The molecule has 0 saturated carbocycles. The Morgan fingerprint density at radius 2 is 1.69 bits per heavy atom. The number of nitrogens with one attached hydrogen (secondary N) is 1. The molecule has 0 aliphatic carbocycles. The first-order chi connectivity index (χ1) is 21.4. The molecule has 0 unspecified atom stereocenters. The highest BCUT2D eigenvalue weighted by Crippen LogP contribution is 2.33. The number of sulfonamides is 1. The van der Waals surface area contributed by atoms with Crippen LogP contribution in [0.2, 0.25) is 5.02 Å². The zero-order chi connectivity index (χ0) is 32.6. The van der Waals surface area contributed by atoms with Gasteiger partial charge in [0, 0.05) is 5.02 Å². The first-order valence-electron chi connectivity index (χ1n) is 13.6. The average molecular weight is 660 g/mol. The van der Waals surface area contributed by atoms with E-state index < -0.39 is 34.2 Å². The molecule has 0 aliphatic rings. The first kappa shape index (κ1) is 33.3. The van der Waals surface area contributed by atoms with E-state index in [0.717, 1.165) is 23.3 Å². The van der Waals surface area contributed by atoms with Crippen LogP contribution in [0.1, 0.15) is 29.2 Å². The molecule has 0 bridgehead atoms. The molecule has 4 aromatic rings. The van der Waals surface area contributed by atoms with Crippen LogP contribution in [0.15, 0.2) is 101 Å². The molecule has 236 valence electrons. The van der Waals surface area contributed by atoms with Crippen molar-refractivity contribution in [2.24, 2.45) is 5.10 Å². The van der Waals surface area contributed by atoms with Crippen LogP contribution in [0.4, 0.5) is 18.9 Å². The van der Waals surface area contributed by atoms with Crippen molar-refractivity contribution in [3.05, 3.63) is 118 Å². The standard InChI is InChI=1S/C32H29ClF3N3O5S/c1-3-43-30-17-23(12-15-29(30)44-21-24-6-4-8-26(33)16-24)19-37-38-31(40)20-39(27-9-5-7-25(18-27)32(34,35)36)45(41,42)28-13-10-22(2)11-14-28/h4-19H,3,20-21H2,1-2H3,(H,38,40)/b37-19-. The Balaban J connectivity index is 1.51. The van der Waals surface area contributed by atoms with Gasteiger partial charge in [0.05, 0.1) is 29.0 Å². The lowest BCUT2D eigenvalue weighted by atomic mass is 10.2. The quantitative estimate of drug-likeness (QED) is 0.131. The van der Waals surface area contributed by atoms with Crippen LogP contribution in [-0.2, 0) is 27.6 Å². The summed E-state index contributed by atoms with van der Waals surface area (Å²) < 4.78 is 79.5. The molecule has 0 heterocycles. The van der Waals surface area contributed by atoms with Crippen LogP contribution in [-0.4, -0.2) is 33.7 Å². The molecule has 0 aliphatic heterocycles. The van der Waals surface area contributed by atoms with Crippen LogP contribution < -0.4 is 19.2 Å². The number of rotatable bonds is 12. The molecule has 8 nitrogen and oxygen atoms in total. The van der Waals surface area contributed by atoms with Crippen LogP contribution in [0, 0.1) is 6.92 Å². The molecule has 45 heavy (non-hydrogen) atoms. The van der Waals surface area contributed by atoms with Crippen LogP contribution in [0.25, 0.3) is 0 Å². The normalized spacial score (nSPS) is 11.8. The summed E-state index contributed by atoms with van der Waals surface area (Å²) in [4.78, 5) is 12.7. The number of carbonyl (C=O) groups is 1. The Kier molecular flexibility index (Phi) is 10.7. The molecular weight excluding hydrogens is 631 g/mol. The van der Waals surface area contributed by atoms with E-state index in [0.29, 0.717) is 39.1 Å². The highest BCUT2D eigenvalue weighted by atomic mass is 35.5. The summed E-state index contributed by atoms with van der Waals surface area (Å²) in [5.74, 6) is 0.0108. The highest BCUT2D eigenvalue weighted by molar-refractivity contribution is 7.92. The van der Waals surface area contributed by atoms with E-state index in [1.165, 1.54) is 24.4 Å². The van der Waals surface area contributed by atoms with Gasteiger partial charge >= 0.3 is 6.18 Å². The number of hydrogen-bond donors (Lipinski definition) is 1. The van der Waals surface area contributed by atoms with Gasteiger partial charge in [-0.25, -0.2) is 13.8 Å². The fourth-order valence-corrected chi connectivity index (χ4v) is 5.74. The minimum atomic E-state index is -4.72. The van der Waals surface area contributed by atoms with E-state index in [4.69, 9.17) is 21.1 Å². The summed E-state index contributed by atoms with van der Waals surface area (Å²) in [5.41, 5.74) is 3.01. The van der Waals surface area contributed by atoms with Crippen molar-refractivity contribution in [1.29, 1.82) is 0 Å². The molecule has 13 heteroatoms. The summed E-state index contributed by atoms with van der Waals surface area (Å²) in [5, 5.41) is 4.49. The predicted molar refractivity (Wildman–Crippen MR) is 166 cm³/mol. The summed E-state index contributed by atoms with van der Waals surface area (Å²) >= 11 is 6.04. The molecule has 0 fully saturated rings. The van der Waals surface area contributed by atoms with Crippen LogP contribution in [0.5, 0.6) is 11.5 Å². The second kappa shape index (κ2) is 14.5. The lowest BCUT2D eigenvalue weighted by molar-refractivity contribution is -0.137. The number of benzene rings is 4. The fraction of sp³-hybridized carbons (Fsp3) is 0.188. The molecule has 0 atom stereocenters. The number of aryl methyl sites for hydroxylation is 1. The van der Waals surface area contributed by atoms with Gasteiger partial charge in [-0.15, -0.1) is 0 Å². The molecule has 1 amide bonds. The third kappa shape index (κ3) is 8.99. The SMILES string of the molecule is CCOc1cc(/C=N\NC(=O)CN(c2cccc(C(F)(F)F)c2)S(=O)(=O)c2ccc(C)cc2)ccc1OCc1cccc(Cl)c1. The Morgan fingerprint density at radius 1 is 0.956 bits per heavy atom. The molecule has 4 rings (SSSR count). The Morgan fingerprint density at radius 3 is 2.38 bits per heavy atom. The molecule has 4 aromatic carbocycles. The van der Waals surface area contributed by atoms with Crippen molar-refractivity contribution in [2.45, 2.75) is 31.5 Å². The van der Waals surface area contributed by atoms with E-state index in [2.05, 4.69) is 10.5 Å². The van der Waals surface area contributed by atoms with E-state index in [1.54, 1.807) is 49.4 Å². The van der Waals surface area contributed by atoms with Crippen molar-refractivity contribution < 1.29 is 35.9 Å². The van der Waals surface area contributed by atoms with E-state index >= 15 is 0 Å². The van der Waals surface area contributed by atoms with Crippen molar-refractivity contribution in [1.82, 2.24) is 5.43 Å². The van der Waals surface area contributed by atoms with E-state index in [1.807, 2.05) is 19.1 Å². The molecule has 1 N–H and O–H groups in total. The number of hydrogen-bond acceptors (Lipinski definition) is 6. The lowest BCUT2D eigenvalue weighted by Crippen LogP contribution is -2.39. The fourth-order valence-electron chi connectivity index (χ4n) is 4.11. The molecule has 0 radical (unpaired) electrons. The summed E-state index contributed by atoms with van der Waals surface area (Å²) in [6.45, 7) is 3.33. The van der Waals surface area contributed by atoms with Gasteiger partial charge in [-0.1, -0.05) is 47.5 Å². The second-order valence-corrected chi connectivity index (χ2v) is 12.0. The van der Waals surface area contributed by atoms with Gasteiger partial charge in [-0.3, -0.25) is 9.10 Å². The number of ether oxygens (including phenoxy) is 2. The monoisotopic (exact) mass is 659 g/mol. The number of halogens is 4. The predicted octanol–water partition coefficient (Wildman–Crippen LogP) is 6.99. The van der Waals surface area contributed by atoms with Gasteiger partial charge in [0.15, 0.2) is 11.5 Å². The highest BCUT2D eigenvalue weighted by Gasteiger charge is 2.33. The Labute approximate surface area is 264 Å². The Hall–Kier alpha value is -4.55. The largest absolute Gasteiger partial charge is 0.490 e. The maximum atomic E-state index is 13.5. The van der Waals surface area contributed by atoms with Crippen LogP contribution in [0.3, 0.4) is 0 Å². The maximum absolute atomic E-state index is 13.5. The maximum Gasteiger partial charge on any atom is 0.416 e. The zero-order valence-electron chi connectivity index (χ0n) is 24.2. The minimum absolute atomic E-state index is 0.192. The van der Waals surface area contributed by atoms with Crippen molar-refractivity contribution in [3.8, 4) is 11.5 Å². The third-order valence-electron chi connectivity index (χ3n) is 6.31. The zero-order valence-corrected chi connectivity index (χ0v) is 25.8. The number of amides is 1. The van der Waals surface area contributed by atoms with Gasteiger partial charge in [0.1, 0.15) is 13.2 Å². The summed E-state index contributed by atoms with van der Waals surface area (Å²) in [6.07, 6.45) is -3.41. The third-order valence-corrected chi connectivity index (χ3v) is 8.33. The van der Waals surface area contributed by atoms with E-state index in [9.17, 15) is 26.4 Å². The van der Waals surface area contributed by atoms with Gasteiger partial charge in [0.2, 0.25) is 0 Å². The molecule has 0 aromatic heterocycles. The molecule has 0 saturated heterocycles. The van der Waals surface area contributed by atoms with Gasteiger partial charge in [-0.2, -0.15) is 18.3 Å². The number of hydrazone groups is 1. The van der Waals surface area contributed by atoms with Gasteiger partial charge in [0.25, 0.3) is 15.9 Å². The van der Waals surface area contributed by atoms with Crippen molar-refractivity contribution in [2.75, 3.05) is 17.5 Å². The molecular formula is C32H29ClF3N3O5S. The van der Waals surface area contributed by atoms with Gasteiger partial charge < -0.3 is 9.47 Å². The topological polar surface area (TPSA) is 97.3 Å². The van der Waals surface area contributed by atoms with Crippen molar-refractivity contribution in [3.63, 3.8) is 0 Å². The Bertz CT molecular complexity index is 1780. The molecule has 0 spiro atoms. The second-order valence-electron chi connectivity index (χ2n) is 9.72. The summed E-state index contributed by atoms with van der Waals surface area (Å²) in [7, 11) is -4.43. The number of carbonyl (C=O) groups excluding carboxylic acids is 1. The lowest BCUT2D eigenvalue weighted by Gasteiger charge is -2.24. The number of nitrogens with zero attached hydrogens (tertiary/aromatic N) is 2. The van der Waals surface area contributed by atoms with Crippen molar-refractivity contribution >= 4 is 39.4 Å². The number of alkyl halides is 3. The van der Waals surface area contributed by atoms with E-state index in [-0.39, 0.29) is 17.2 Å². The average Bonchev–Trinajstić information content (AvgIpc) is 2.99. The first-order valence-corrected chi connectivity index (χ1v) is 15.4. The number of anilines is 1. The smallest absolute Gasteiger partial charge is 0.416 e.